The summed E-state index contributed by atoms with van der Waals surface area (Å²) in [5.41, 5.74) is 3.86. The molecule has 0 aliphatic heterocycles. The number of aromatic amines is 1. The van der Waals surface area contributed by atoms with Gasteiger partial charge in [0.05, 0.1) is 15.0 Å². The molecular weight excluding hydrogens is 430 g/mol. The largest absolute Gasteiger partial charge is 0.290 e. The number of carbonyl (C=O) groups excluding carboxylic acids is 1. The maximum atomic E-state index is 12.7. The Hall–Kier alpha value is -2.77. The molecule has 8 nitrogen and oxygen atoms in total. The monoisotopic (exact) mass is 445 g/mol. The number of hydrogen-bond donors (Lipinski definition) is 2. The van der Waals surface area contributed by atoms with E-state index < -0.39 is 0 Å². The highest BCUT2D eigenvalue weighted by atomic mass is 79.9. The number of rotatable bonds is 6. The number of nitrogens with one attached hydrogen (secondary N) is 2. The molecule has 10 heteroatoms. The lowest BCUT2D eigenvalue weighted by Crippen LogP contribution is -2.45. The Balaban J connectivity index is 1.85. The van der Waals surface area contributed by atoms with Crippen molar-refractivity contribution < 1.29 is 4.79 Å². The van der Waals surface area contributed by atoms with Gasteiger partial charge in [0, 0.05) is 12.7 Å². The minimum Gasteiger partial charge on any atom is -0.276 e. The summed E-state index contributed by atoms with van der Waals surface area (Å²) in [5.74, 6) is 0.297. The summed E-state index contributed by atoms with van der Waals surface area (Å²) in [6.07, 6.45) is 1.49. The van der Waals surface area contributed by atoms with Crippen LogP contribution in [0.15, 0.2) is 34.2 Å². The van der Waals surface area contributed by atoms with Crippen LogP contribution in [0, 0.1) is 17.2 Å². The first-order valence-electron chi connectivity index (χ1n) is 8.08. The van der Waals surface area contributed by atoms with Crippen molar-refractivity contribution >= 4 is 39.0 Å². The van der Waals surface area contributed by atoms with Crippen LogP contribution in [0.1, 0.15) is 30.2 Å². The summed E-state index contributed by atoms with van der Waals surface area (Å²) in [5, 5.41) is 19.6. The normalized spacial score (nSPS) is 10.6. The van der Waals surface area contributed by atoms with E-state index in [1.807, 2.05) is 37.4 Å². The van der Waals surface area contributed by atoms with E-state index in [9.17, 15) is 4.79 Å². The highest BCUT2D eigenvalue weighted by Crippen LogP contribution is 2.24. The fourth-order valence-electron chi connectivity index (χ4n) is 2.33. The van der Waals surface area contributed by atoms with E-state index in [1.54, 1.807) is 22.4 Å². The van der Waals surface area contributed by atoms with E-state index in [1.165, 1.54) is 6.20 Å². The summed E-state index contributed by atoms with van der Waals surface area (Å²) in [7, 11) is 0. The molecule has 0 bridgehead atoms. The molecule has 0 aliphatic carbocycles. The van der Waals surface area contributed by atoms with E-state index in [-0.39, 0.29) is 23.3 Å². The van der Waals surface area contributed by atoms with Gasteiger partial charge < -0.3 is 0 Å². The Kier molecular flexibility index (Phi) is 5.83. The number of nitrogens with zero attached hydrogens (tertiary/aromatic N) is 5. The van der Waals surface area contributed by atoms with Crippen LogP contribution < -0.4 is 10.4 Å². The first-order chi connectivity index (χ1) is 13.0. The fraction of sp³-hybridized carbons (Fsp3) is 0.235. The van der Waals surface area contributed by atoms with Gasteiger partial charge in [0.2, 0.25) is 5.82 Å². The van der Waals surface area contributed by atoms with E-state index >= 15 is 0 Å². The standard InChI is InChI=1S/C17H16BrN7OS/c1-10(2)9-25(16-11(18)8-20-15(7-19)21-16)24-17(26)13-6-12(22-23-13)14-4-3-5-27-14/h3-6,8,10H,9H2,1-2H3,(H,22,23)(H,24,26). The number of H-pyrrole nitrogens is 1. The van der Waals surface area contributed by atoms with E-state index in [0.717, 1.165) is 10.6 Å². The molecule has 0 radical (unpaired) electrons. The molecule has 0 aromatic carbocycles. The predicted octanol–water partition coefficient (Wildman–Crippen LogP) is 3.37. The summed E-state index contributed by atoms with van der Waals surface area (Å²) < 4.78 is 0.573. The van der Waals surface area contributed by atoms with Gasteiger partial charge in [-0.2, -0.15) is 15.3 Å². The van der Waals surface area contributed by atoms with E-state index in [0.29, 0.717) is 16.8 Å². The average Bonchev–Trinajstić information content (AvgIpc) is 3.32. The number of amides is 1. The van der Waals surface area contributed by atoms with Crippen molar-refractivity contribution in [3.8, 4) is 16.6 Å². The third-order valence-corrected chi connectivity index (χ3v) is 4.93. The lowest BCUT2D eigenvalue weighted by molar-refractivity contribution is 0.0942. The third kappa shape index (κ3) is 4.50. The van der Waals surface area contributed by atoms with Gasteiger partial charge in [0.1, 0.15) is 6.07 Å². The average molecular weight is 446 g/mol. The van der Waals surface area contributed by atoms with E-state index in [4.69, 9.17) is 5.26 Å². The molecular formula is C17H16BrN7OS. The lowest BCUT2D eigenvalue weighted by atomic mass is 10.2. The number of aromatic nitrogens is 4. The second-order valence-electron chi connectivity index (χ2n) is 6.07. The van der Waals surface area contributed by atoms with Gasteiger partial charge in [-0.3, -0.25) is 20.3 Å². The van der Waals surface area contributed by atoms with Gasteiger partial charge in [0.15, 0.2) is 11.5 Å². The molecule has 3 heterocycles. The van der Waals surface area contributed by atoms with Crippen LogP contribution in [-0.2, 0) is 0 Å². The Morgan fingerprint density at radius 1 is 1.52 bits per heavy atom. The number of carbonyl (C=O) groups is 1. The molecule has 3 rings (SSSR count). The summed E-state index contributed by atoms with van der Waals surface area (Å²) >= 11 is 4.94. The molecule has 3 aromatic heterocycles. The Morgan fingerprint density at radius 2 is 2.33 bits per heavy atom. The van der Waals surface area contributed by atoms with Crippen molar-refractivity contribution in [3.63, 3.8) is 0 Å². The number of halogens is 1. The molecule has 138 valence electrons. The minimum atomic E-state index is -0.376. The molecule has 0 saturated heterocycles. The Bertz CT molecular complexity index is 978. The van der Waals surface area contributed by atoms with Gasteiger partial charge in [-0.15, -0.1) is 11.3 Å². The molecule has 27 heavy (non-hydrogen) atoms. The van der Waals surface area contributed by atoms with Gasteiger partial charge in [-0.25, -0.2) is 4.98 Å². The predicted molar refractivity (Wildman–Crippen MR) is 106 cm³/mol. The maximum absolute atomic E-state index is 12.7. The van der Waals surface area contributed by atoms with Crippen LogP contribution in [0.25, 0.3) is 10.6 Å². The topological polar surface area (TPSA) is 111 Å². The van der Waals surface area contributed by atoms with Gasteiger partial charge in [0.25, 0.3) is 5.91 Å². The molecule has 0 spiro atoms. The zero-order valence-electron chi connectivity index (χ0n) is 14.6. The molecule has 0 saturated carbocycles. The third-order valence-electron chi connectivity index (χ3n) is 3.46. The maximum Gasteiger partial charge on any atom is 0.290 e. The molecule has 0 aliphatic rings. The summed E-state index contributed by atoms with van der Waals surface area (Å²) in [6, 6.07) is 7.49. The van der Waals surface area contributed by atoms with Crippen molar-refractivity contribution in [2.45, 2.75) is 13.8 Å². The van der Waals surface area contributed by atoms with Crippen LogP contribution >= 0.6 is 27.3 Å². The number of hydrogen-bond acceptors (Lipinski definition) is 7. The van der Waals surface area contributed by atoms with Crippen LogP contribution in [-0.4, -0.2) is 32.6 Å². The second kappa shape index (κ2) is 8.28. The number of anilines is 1. The second-order valence-corrected chi connectivity index (χ2v) is 7.87. The SMILES string of the molecule is CC(C)CN(NC(=O)c1cc(-c2cccs2)[nH]n1)c1nc(C#N)ncc1Br. The smallest absolute Gasteiger partial charge is 0.276 e. The number of thiophene rings is 1. The van der Waals surface area contributed by atoms with Gasteiger partial charge in [-0.05, 0) is 39.4 Å². The first-order valence-corrected chi connectivity index (χ1v) is 9.75. The molecule has 1 amide bonds. The van der Waals surface area contributed by atoms with Crippen molar-refractivity contribution in [1.82, 2.24) is 25.6 Å². The van der Waals surface area contributed by atoms with Gasteiger partial charge >= 0.3 is 0 Å². The molecule has 0 fully saturated rings. The quantitative estimate of drug-likeness (QED) is 0.562. The van der Waals surface area contributed by atoms with Crippen molar-refractivity contribution in [2.24, 2.45) is 5.92 Å². The fourth-order valence-corrected chi connectivity index (χ4v) is 3.42. The van der Waals surface area contributed by atoms with Crippen LogP contribution in [0.4, 0.5) is 5.82 Å². The van der Waals surface area contributed by atoms with Crippen LogP contribution in [0.5, 0.6) is 0 Å². The minimum absolute atomic E-state index is 0.0240. The Labute approximate surface area is 168 Å². The van der Waals surface area contributed by atoms with Crippen molar-refractivity contribution in [1.29, 1.82) is 5.26 Å². The zero-order chi connectivity index (χ0) is 19.4. The molecule has 2 N–H and O–H groups in total. The molecule has 0 unspecified atom stereocenters. The van der Waals surface area contributed by atoms with Crippen molar-refractivity contribution in [2.75, 3.05) is 11.6 Å². The molecule has 0 atom stereocenters. The summed E-state index contributed by atoms with van der Waals surface area (Å²) in [4.78, 5) is 21.8. The van der Waals surface area contributed by atoms with E-state index in [2.05, 4.69) is 41.5 Å². The zero-order valence-corrected chi connectivity index (χ0v) is 17.0. The number of hydrazine groups is 1. The van der Waals surface area contributed by atoms with Gasteiger partial charge in [-0.1, -0.05) is 19.9 Å². The number of nitriles is 1. The van der Waals surface area contributed by atoms with Crippen LogP contribution in [0.3, 0.4) is 0 Å². The lowest BCUT2D eigenvalue weighted by Gasteiger charge is -2.26. The highest BCUT2D eigenvalue weighted by Gasteiger charge is 2.20. The summed E-state index contributed by atoms with van der Waals surface area (Å²) in [6.45, 7) is 4.53. The Morgan fingerprint density at radius 3 is 3.00 bits per heavy atom. The highest BCUT2D eigenvalue weighted by molar-refractivity contribution is 9.10. The van der Waals surface area contributed by atoms with Crippen LogP contribution in [0.2, 0.25) is 0 Å². The molecule has 3 aromatic rings. The first kappa shape index (κ1) is 19.0. The van der Waals surface area contributed by atoms with Crippen molar-refractivity contribution in [3.05, 3.63) is 45.8 Å².